The third-order valence-electron chi connectivity index (χ3n) is 3.96. The number of carbonyl (C=O) groups is 1. The summed E-state index contributed by atoms with van der Waals surface area (Å²) < 4.78 is 0. The predicted octanol–water partition coefficient (Wildman–Crippen LogP) is 2.55. The molecule has 19 heavy (non-hydrogen) atoms. The minimum Gasteiger partial charge on any atom is -0.342 e. The molecule has 0 fully saturated rings. The van der Waals surface area contributed by atoms with E-state index in [4.69, 9.17) is 5.73 Å². The Bertz CT molecular complexity index is 387. The highest BCUT2D eigenvalue weighted by atomic mass is 16.2. The first-order valence-electron chi connectivity index (χ1n) is 7.21. The first kappa shape index (κ1) is 15.7. The van der Waals surface area contributed by atoms with Crippen molar-refractivity contribution in [3.05, 3.63) is 35.9 Å². The summed E-state index contributed by atoms with van der Waals surface area (Å²) in [6, 6.07) is 10.0. The fourth-order valence-corrected chi connectivity index (χ4v) is 2.72. The Balaban J connectivity index is 3.23. The Morgan fingerprint density at radius 3 is 2.16 bits per heavy atom. The maximum atomic E-state index is 12.9. The maximum Gasteiger partial charge on any atom is 0.233 e. The van der Waals surface area contributed by atoms with Crippen LogP contribution < -0.4 is 5.73 Å². The molecule has 0 saturated carbocycles. The smallest absolute Gasteiger partial charge is 0.233 e. The molecule has 1 rings (SSSR count). The first-order chi connectivity index (χ1) is 9.16. The SMILES string of the molecule is CCN(CC)C(=O)[C@@](CC)(CCN)c1ccccc1. The van der Waals surface area contributed by atoms with Crippen LogP contribution in [0.4, 0.5) is 0 Å². The first-order valence-corrected chi connectivity index (χ1v) is 7.21. The molecule has 0 aliphatic carbocycles. The average Bonchev–Trinajstić information content (AvgIpc) is 2.47. The Kier molecular flexibility index (Phi) is 6.03. The number of nitrogens with zero attached hydrogens (tertiary/aromatic N) is 1. The highest BCUT2D eigenvalue weighted by Gasteiger charge is 2.39. The monoisotopic (exact) mass is 262 g/mol. The topological polar surface area (TPSA) is 46.3 Å². The Labute approximate surface area is 116 Å². The van der Waals surface area contributed by atoms with E-state index in [0.29, 0.717) is 13.0 Å². The third-order valence-corrected chi connectivity index (χ3v) is 3.96. The van der Waals surface area contributed by atoms with Gasteiger partial charge < -0.3 is 10.6 Å². The summed E-state index contributed by atoms with van der Waals surface area (Å²) in [5.74, 6) is 0.205. The van der Waals surface area contributed by atoms with Gasteiger partial charge in [0.05, 0.1) is 5.41 Å². The van der Waals surface area contributed by atoms with Crippen molar-refractivity contribution >= 4 is 5.91 Å². The van der Waals surface area contributed by atoms with Gasteiger partial charge in [-0.25, -0.2) is 0 Å². The van der Waals surface area contributed by atoms with Gasteiger partial charge in [-0.15, -0.1) is 0 Å². The molecule has 0 unspecified atom stereocenters. The summed E-state index contributed by atoms with van der Waals surface area (Å²) in [4.78, 5) is 14.8. The van der Waals surface area contributed by atoms with Crippen LogP contribution in [0, 0.1) is 0 Å². The van der Waals surface area contributed by atoms with Crippen molar-refractivity contribution in [3.8, 4) is 0 Å². The van der Waals surface area contributed by atoms with Gasteiger partial charge in [-0.1, -0.05) is 37.3 Å². The van der Waals surface area contributed by atoms with E-state index in [-0.39, 0.29) is 5.91 Å². The highest BCUT2D eigenvalue weighted by molar-refractivity contribution is 5.88. The van der Waals surface area contributed by atoms with Crippen LogP contribution in [0.1, 0.15) is 39.2 Å². The summed E-state index contributed by atoms with van der Waals surface area (Å²) in [7, 11) is 0. The predicted molar refractivity (Wildman–Crippen MR) is 80.0 cm³/mol. The molecule has 2 N–H and O–H groups in total. The molecule has 0 saturated heterocycles. The van der Waals surface area contributed by atoms with Crippen LogP contribution in [0.3, 0.4) is 0 Å². The largest absolute Gasteiger partial charge is 0.342 e. The molecule has 0 aromatic heterocycles. The lowest BCUT2D eigenvalue weighted by Crippen LogP contribution is -2.47. The molecule has 3 nitrogen and oxygen atoms in total. The quantitative estimate of drug-likeness (QED) is 0.821. The molecule has 0 aliphatic rings. The summed E-state index contributed by atoms with van der Waals surface area (Å²) in [6.07, 6.45) is 1.48. The lowest BCUT2D eigenvalue weighted by atomic mass is 9.74. The fourth-order valence-electron chi connectivity index (χ4n) is 2.72. The van der Waals surface area contributed by atoms with Crippen molar-refractivity contribution in [2.24, 2.45) is 5.73 Å². The second-order valence-electron chi connectivity index (χ2n) is 4.82. The van der Waals surface area contributed by atoms with E-state index < -0.39 is 5.41 Å². The normalized spacial score (nSPS) is 13.9. The van der Waals surface area contributed by atoms with Crippen LogP contribution >= 0.6 is 0 Å². The van der Waals surface area contributed by atoms with Crippen molar-refractivity contribution in [3.63, 3.8) is 0 Å². The molecule has 3 heteroatoms. The molecular weight excluding hydrogens is 236 g/mol. The van der Waals surface area contributed by atoms with Gasteiger partial charge in [0.15, 0.2) is 0 Å². The lowest BCUT2D eigenvalue weighted by Gasteiger charge is -2.36. The van der Waals surface area contributed by atoms with E-state index in [1.54, 1.807) is 0 Å². The second kappa shape index (κ2) is 7.29. The van der Waals surface area contributed by atoms with Crippen molar-refractivity contribution in [2.75, 3.05) is 19.6 Å². The van der Waals surface area contributed by atoms with E-state index in [1.165, 1.54) is 0 Å². The number of amides is 1. The molecule has 1 aromatic rings. The van der Waals surface area contributed by atoms with Gasteiger partial charge in [0, 0.05) is 13.1 Å². The molecule has 0 bridgehead atoms. The minimum absolute atomic E-state index is 0.205. The zero-order valence-electron chi connectivity index (χ0n) is 12.4. The maximum absolute atomic E-state index is 12.9. The summed E-state index contributed by atoms with van der Waals surface area (Å²) >= 11 is 0. The van der Waals surface area contributed by atoms with Gasteiger partial charge in [0.2, 0.25) is 5.91 Å². The Morgan fingerprint density at radius 2 is 1.74 bits per heavy atom. The van der Waals surface area contributed by atoms with Crippen molar-refractivity contribution in [2.45, 2.75) is 39.0 Å². The standard InChI is InChI=1S/C16H26N2O/c1-4-16(12-13-17,14-10-8-7-9-11-14)15(19)18(5-2)6-3/h7-11H,4-6,12-13,17H2,1-3H3/t16-/m0/s1. The van der Waals surface area contributed by atoms with Crippen molar-refractivity contribution in [1.29, 1.82) is 0 Å². The zero-order chi connectivity index (χ0) is 14.3. The van der Waals surface area contributed by atoms with Gasteiger partial charge >= 0.3 is 0 Å². The summed E-state index contributed by atoms with van der Waals surface area (Å²) in [5.41, 5.74) is 6.39. The van der Waals surface area contributed by atoms with E-state index in [1.807, 2.05) is 49.1 Å². The number of benzene rings is 1. The second-order valence-corrected chi connectivity index (χ2v) is 4.82. The van der Waals surface area contributed by atoms with Crippen molar-refractivity contribution < 1.29 is 4.79 Å². The highest BCUT2D eigenvalue weighted by Crippen LogP contribution is 2.33. The number of hydrogen-bond acceptors (Lipinski definition) is 2. The Morgan fingerprint density at radius 1 is 1.16 bits per heavy atom. The van der Waals surface area contributed by atoms with E-state index >= 15 is 0 Å². The van der Waals surface area contributed by atoms with Gasteiger partial charge in [-0.2, -0.15) is 0 Å². The van der Waals surface area contributed by atoms with Crippen LogP contribution in [0.2, 0.25) is 0 Å². The van der Waals surface area contributed by atoms with Crippen molar-refractivity contribution in [1.82, 2.24) is 4.90 Å². The molecule has 1 aromatic carbocycles. The van der Waals surface area contributed by atoms with E-state index in [9.17, 15) is 4.79 Å². The van der Waals surface area contributed by atoms with E-state index in [0.717, 1.165) is 25.1 Å². The number of carbonyl (C=O) groups excluding carboxylic acids is 1. The molecule has 106 valence electrons. The van der Waals surface area contributed by atoms with Crippen LogP contribution in [0.25, 0.3) is 0 Å². The van der Waals surface area contributed by atoms with Crippen LogP contribution in [0.15, 0.2) is 30.3 Å². The van der Waals surface area contributed by atoms with Gasteiger partial charge in [0.1, 0.15) is 0 Å². The molecular formula is C16H26N2O. The number of likely N-dealkylation sites (N-methyl/N-ethyl adjacent to an activating group) is 1. The number of hydrogen-bond donors (Lipinski definition) is 1. The van der Waals surface area contributed by atoms with Gasteiger partial charge in [-0.3, -0.25) is 4.79 Å². The molecule has 0 heterocycles. The molecule has 0 aliphatic heterocycles. The minimum atomic E-state index is -0.470. The lowest BCUT2D eigenvalue weighted by molar-refractivity contribution is -0.137. The summed E-state index contributed by atoms with van der Waals surface area (Å²) in [5, 5.41) is 0. The van der Waals surface area contributed by atoms with Crippen LogP contribution in [0.5, 0.6) is 0 Å². The molecule has 1 amide bonds. The van der Waals surface area contributed by atoms with Gasteiger partial charge in [0.25, 0.3) is 0 Å². The zero-order valence-corrected chi connectivity index (χ0v) is 12.4. The fraction of sp³-hybridized carbons (Fsp3) is 0.562. The molecule has 1 atom stereocenters. The summed E-state index contributed by atoms with van der Waals surface area (Å²) in [6.45, 7) is 8.13. The van der Waals surface area contributed by atoms with Gasteiger partial charge in [-0.05, 0) is 38.8 Å². The van der Waals surface area contributed by atoms with Crippen LogP contribution in [-0.4, -0.2) is 30.4 Å². The average molecular weight is 262 g/mol. The Hall–Kier alpha value is -1.35. The van der Waals surface area contributed by atoms with E-state index in [2.05, 4.69) is 6.92 Å². The van der Waals surface area contributed by atoms with Crippen LogP contribution in [-0.2, 0) is 10.2 Å². The number of nitrogens with two attached hydrogens (primary N) is 1. The third kappa shape index (κ3) is 3.16. The molecule has 0 spiro atoms. The number of rotatable bonds is 7. The molecule has 0 radical (unpaired) electrons.